The Bertz CT molecular complexity index is 1040. The molecule has 2 aliphatic rings. The van der Waals surface area contributed by atoms with Gasteiger partial charge in [-0.1, -0.05) is 61.6 Å². The van der Waals surface area contributed by atoms with Crippen molar-refractivity contribution in [1.82, 2.24) is 4.90 Å². The van der Waals surface area contributed by atoms with Crippen LogP contribution in [0.15, 0.2) is 60.2 Å². The summed E-state index contributed by atoms with van der Waals surface area (Å²) in [5.41, 5.74) is 3.91. The lowest BCUT2D eigenvalue weighted by Crippen LogP contribution is -2.36. The van der Waals surface area contributed by atoms with E-state index in [0.717, 1.165) is 49.2 Å². The summed E-state index contributed by atoms with van der Waals surface area (Å²) in [5.74, 6) is 0.884. The highest BCUT2D eigenvalue weighted by atomic mass is 16.5. The number of piperidine rings is 1. The van der Waals surface area contributed by atoms with Gasteiger partial charge in [0.1, 0.15) is 5.75 Å². The first kappa shape index (κ1) is 24.8. The largest absolute Gasteiger partial charge is 0.494 e. The smallest absolute Gasteiger partial charge is 0.328 e. The van der Waals surface area contributed by atoms with Crippen molar-refractivity contribution in [1.29, 1.82) is 0 Å². The summed E-state index contributed by atoms with van der Waals surface area (Å²) in [5, 5.41) is 8.73. The van der Waals surface area contributed by atoms with Crippen LogP contribution in [0.3, 0.4) is 0 Å². The van der Waals surface area contributed by atoms with Gasteiger partial charge in [-0.05, 0) is 73.1 Å². The number of ether oxygens (including phenoxy) is 1. The van der Waals surface area contributed by atoms with Crippen LogP contribution in [0.1, 0.15) is 72.9 Å². The maximum Gasteiger partial charge on any atom is 0.328 e. The van der Waals surface area contributed by atoms with Crippen molar-refractivity contribution >= 4 is 24.0 Å². The third kappa shape index (κ3) is 7.57. The van der Waals surface area contributed by atoms with Gasteiger partial charge in [0.2, 0.25) is 0 Å². The molecule has 35 heavy (non-hydrogen) atoms. The molecule has 2 aromatic rings. The van der Waals surface area contributed by atoms with Gasteiger partial charge in [0.15, 0.2) is 0 Å². The average Bonchev–Trinajstić information content (AvgIpc) is 3.40. The number of amides is 1. The summed E-state index contributed by atoms with van der Waals surface area (Å²) >= 11 is 0. The van der Waals surface area contributed by atoms with Crippen LogP contribution in [-0.2, 0) is 4.79 Å². The Balaban J connectivity index is 1.22. The molecule has 0 unspecified atom stereocenters. The summed E-state index contributed by atoms with van der Waals surface area (Å²) in [6.45, 7) is 2.20. The van der Waals surface area contributed by atoms with E-state index in [9.17, 15) is 9.59 Å². The molecule has 1 saturated heterocycles. The molecule has 1 aliphatic carbocycles. The van der Waals surface area contributed by atoms with Crippen LogP contribution < -0.4 is 4.74 Å². The van der Waals surface area contributed by atoms with Crippen LogP contribution in [0.25, 0.3) is 12.2 Å². The molecule has 1 heterocycles. The molecule has 0 spiro atoms. The van der Waals surface area contributed by atoms with Crippen LogP contribution in [0.4, 0.5) is 0 Å². The number of hydrogen-bond acceptors (Lipinski definition) is 3. The van der Waals surface area contributed by atoms with E-state index in [1.807, 2.05) is 4.90 Å². The summed E-state index contributed by atoms with van der Waals surface area (Å²) in [6.07, 6.45) is 14.6. The molecule has 4 rings (SSSR count). The van der Waals surface area contributed by atoms with E-state index < -0.39 is 5.97 Å². The monoisotopic (exact) mass is 473 g/mol. The zero-order valence-corrected chi connectivity index (χ0v) is 20.3. The second-order valence-corrected chi connectivity index (χ2v) is 9.60. The molecule has 5 heteroatoms. The van der Waals surface area contributed by atoms with E-state index in [0.29, 0.717) is 18.7 Å². The third-order valence-electron chi connectivity index (χ3n) is 7.02. The fourth-order valence-electron chi connectivity index (χ4n) is 4.99. The third-order valence-corrected chi connectivity index (χ3v) is 7.02. The SMILES string of the molecule is O=C(O)/C=C/c1ccc(C(=O)N2CCC(=Cc3ccc(OCCCC4CCCC4)cc3)CC2)cc1. The first-order valence-electron chi connectivity index (χ1n) is 12.8. The van der Waals surface area contributed by atoms with Gasteiger partial charge in [-0.2, -0.15) is 0 Å². The highest BCUT2D eigenvalue weighted by Gasteiger charge is 2.20. The number of nitrogens with zero attached hydrogens (tertiary/aromatic N) is 1. The van der Waals surface area contributed by atoms with E-state index in [1.54, 1.807) is 24.3 Å². The molecule has 1 amide bonds. The highest BCUT2D eigenvalue weighted by molar-refractivity contribution is 5.94. The molecule has 1 aliphatic heterocycles. The van der Waals surface area contributed by atoms with E-state index in [2.05, 4.69) is 30.3 Å². The zero-order chi connectivity index (χ0) is 24.5. The van der Waals surface area contributed by atoms with E-state index >= 15 is 0 Å². The van der Waals surface area contributed by atoms with E-state index in [-0.39, 0.29) is 5.91 Å². The van der Waals surface area contributed by atoms with Gasteiger partial charge in [-0.3, -0.25) is 4.79 Å². The Morgan fingerprint density at radius 2 is 1.60 bits per heavy atom. The molecule has 1 N–H and O–H groups in total. The standard InChI is InChI=1S/C30H35NO4/c32-29(33)16-11-24-7-12-27(13-8-24)30(34)31-19-17-26(18-20-31)22-25-9-14-28(15-10-25)35-21-3-6-23-4-1-2-5-23/h7-16,22-23H,1-6,17-21H2,(H,32,33)/b16-11+. The summed E-state index contributed by atoms with van der Waals surface area (Å²) in [7, 11) is 0. The summed E-state index contributed by atoms with van der Waals surface area (Å²) in [4.78, 5) is 25.4. The number of carboxylic acid groups (broad SMARTS) is 1. The zero-order valence-electron chi connectivity index (χ0n) is 20.3. The molecule has 0 bridgehead atoms. The number of likely N-dealkylation sites (tertiary alicyclic amines) is 1. The van der Waals surface area contributed by atoms with Crippen LogP contribution >= 0.6 is 0 Å². The van der Waals surface area contributed by atoms with Gasteiger partial charge in [0.05, 0.1) is 6.61 Å². The first-order valence-corrected chi connectivity index (χ1v) is 12.8. The molecular formula is C30H35NO4. The predicted octanol–water partition coefficient (Wildman–Crippen LogP) is 6.45. The van der Waals surface area contributed by atoms with Crippen molar-refractivity contribution < 1.29 is 19.4 Å². The van der Waals surface area contributed by atoms with Crippen molar-refractivity contribution in [2.45, 2.75) is 51.4 Å². The second-order valence-electron chi connectivity index (χ2n) is 9.60. The van der Waals surface area contributed by atoms with Gasteiger partial charge in [-0.25, -0.2) is 4.79 Å². The topological polar surface area (TPSA) is 66.8 Å². The predicted molar refractivity (Wildman–Crippen MR) is 139 cm³/mol. The Labute approximate surface area is 208 Å². The molecule has 2 aromatic carbocycles. The highest BCUT2D eigenvalue weighted by Crippen LogP contribution is 2.28. The molecule has 1 saturated carbocycles. The molecule has 5 nitrogen and oxygen atoms in total. The molecule has 0 atom stereocenters. The van der Waals surface area contributed by atoms with E-state index in [4.69, 9.17) is 9.84 Å². The van der Waals surface area contributed by atoms with Gasteiger partial charge in [-0.15, -0.1) is 0 Å². The first-order chi connectivity index (χ1) is 17.1. The fourth-order valence-corrected chi connectivity index (χ4v) is 4.99. The Morgan fingerprint density at radius 1 is 0.943 bits per heavy atom. The summed E-state index contributed by atoms with van der Waals surface area (Å²) < 4.78 is 5.93. The minimum absolute atomic E-state index is 0.0206. The Kier molecular flexibility index (Phi) is 8.77. The van der Waals surface area contributed by atoms with Gasteiger partial charge < -0.3 is 14.7 Å². The van der Waals surface area contributed by atoms with Crippen molar-refractivity contribution in [2.24, 2.45) is 5.92 Å². The lowest BCUT2D eigenvalue weighted by molar-refractivity contribution is -0.131. The Morgan fingerprint density at radius 3 is 2.26 bits per heavy atom. The van der Waals surface area contributed by atoms with Crippen molar-refractivity contribution in [3.8, 4) is 5.75 Å². The minimum Gasteiger partial charge on any atom is -0.494 e. The normalized spacial score (nSPS) is 16.6. The van der Waals surface area contributed by atoms with Crippen LogP contribution in [0.2, 0.25) is 0 Å². The molecule has 0 radical (unpaired) electrons. The van der Waals surface area contributed by atoms with E-state index in [1.165, 1.54) is 49.3 Å². The molecule has 2 fully saturated rings. The molecule has 0 aromatic heterocycles. The number of carboxylic acids is 1. The maximum atomic E-state index is 12.8. The van der Waals surface area contributed by atoms with Crippen molar-refractivity contribution in [2.75, 3.05) is 19.7 Å². The van der Waals surface area contributed by atoms with Crippen LogP contribution in [-0.4, -0.2) is 41.6 Å². The summed E-state index contributed by atoms with van der Waals surface area (Å²) in [6, 6.07) is 15.4. The maximum absolute atomic E-state index is 12.8. The van der Waals surface area contributed by atoms with Gasteiger partial charge >= 0.3 is 5.97 Å². The van der Waals surface area contributed by atoms with Crippen LogP contribution in [0, 0.1) is 5.92 Å². The second kappa shape index (κ2) is 12.4. The number of benzene rings is 2. The lowest BCUT2D eigenvalue weighted by atomic mass is 10.00. The van der Waals surface area contributed by atoms with Crippen molar-refractivity contribution in [3.63, 3.8) is 0 Å². The quantitative estimate of drug-likeness (QED) is 0.336. The number of aliphatic carboxylic acids is 1. The minimum atomic E-state index is -0.989. The fraction of sp³-hybridized carbons (Fsp3) is 0.400. The number of carbonyl (C=O) groups excluding carboxylic acids is 1. The Hall–Kier alpha value is -3.34. The average molecular weight is 474 g/mol. The lowest BCUT2D eigenvalue weighted by Gasteiger charge is -2.28. The number of hydrogen-bond donors (Lipinski definition) is 1. The number of carbonyl (C=O) groups is 2. The molecular weight excluding hydrogens is 438 g/mol. The van der Waals surface area contributed by atoms with Crippen LogP contribution in [0.5, 0.6) is 5.75 Å². The van der Waals surface area contributed by atoms with Crippen molar-refractivity contribution in [3.05, 3.63) is 76.9 Å². The number of rotatable bonds is 9. The van der Waals surface area contributed by atoms with Gasteiger partial charge in [0, 0.05) is 24.7 Å². The molecule has 184 valence electrons. The van der Waals surface area contributed by atoms with Gasteiger partial charge in [0.25, 0.3) is 5.91 Å².